The third-order valence-electron chi connectivity index (χ3n) is 2.70. The molecule has 1 rings (SSSR count). The minimum atomic E-state index is -3.81. The second-order valence-corrected chi connectivity index (χ2v) is 6.08. The van der Waals surface area contributed by atoms with Crippen LogP contribution < -0.4 is 0 Å². The van der Waals surface area contributed by atoms with E-state index in [1.54, 1.807) is 6.92 Å². The number of esters is 1. The lowest BCUT2D eigenvalue weighted by Gasteiger charge is -2.18. The fourth-order valence-corrected chi connectivity index (χ4v) is 2.89. The summed E-state index contributed by atoms with van der Waals surface area (Å²) in [5.41, 5.74) is 0.450. The van der Waals surface area contributed by atoms with Crippen molar-refractivity contribution in [1.29, 1.82) is 0 Å². The Bertz CT molecular complexity index is 571. The Morgan fingerprint density at radius 2 is 2.05 bits per heavy atom. The quantitative estimate of drug-likeness (QED) is 0.767. The molecule has 0 aliphatic heterocycles. The number of aryl methyl sites for hydroxylation is 1. The van der Waals surface area contributed by atoms with E-state index in [0.29, 0.717) is 5.56 Å². The number of hydrogen-bond acceptors (Lipinski definition) is 4. The minimum Gasteiger partial charge on any atom is -0.469 e. The van der Waals surface area contributed by atoms with Gasteiger partial charge < -0.3 is 4.74 Å². The number of rotatable bonds is 5. The number of sulfonamides is 1. The lowest BCUT2D eigenvalue weighted by molar-refractivity contribution is -0.140. The molecule has 1 aromatic carbocycles. The summed E-state index contributed by atoms with van der Waals surface area (Å²) in [5.74, 6) is -1.12. The summed E-state index contributed by atoms with van der Waals surface area (Å²) in [6.45, 7) is 1.56. The van der Waals surface area contributed by atoms with E-state index in [1.807, 2.05) is 0 Å². The summed E-state index contributed by atoms with van der Waals surface area (Å²) in [5, 5.41) is 0. The molecular weight excluding hydrogens is 273 g/mol. The average Bonchev–Trinajstić information content (AvgIpc) is 2.37. The fraction of sp³-hybridized carbons (Fsp3) is 0.417. The summed E-state index contributed by atoms with van der Waals surface area (Å²) in [7, 11) is -1.24. The minimum absolute atomic E-state index is 0.0229. The number of nitrogens with zero attached hydrogens (tertiary/aromatic N) is 1. The van der Waals surface area contributed by atoms with Crippen LogP contribution in [0.2, 0.25) is 0 Å². The van der Waals surface area contributed by atoms with Crippen LogP contribution in [0.4, 0.5) is 4.39 Å². The van der Waals surface area contributed by atoms with Gasteiger partial charge in [0.1, 0.15) is 5.82 Å². The zero-order valence-corrected chi connectivity index (χ0v) is 11.8. The van der Waals surface area contributed by atoms with Gasteiger partial charge in [-0.05, 0) is 24.6 Å². The van der Waals surface area contributed by atoms with Gasteiger partial charge in [0.2, 0.25) is 10.0 Å². The summed E-state index contributed by atoms with van der Waals surface area (Å²) >= 11 is 0. The predicted octanol–water partition coefficient (Wildman–Crippen LogP) is 1.32. The molecule has 19 heavy (non-hydrogen) atoms. The Labute approximate surface area is 112 Å². The highest BCUT2D eigenvalue weighted by Crippen LogP contribution is 2.20. The summed E-state index contributed by atoms with van der Waals surface area (Å²) in [4.78, 5) is 10.9. The second kappa shape index (κ2) is 6.12. The number of carbonyl (C=O) groups is 1. The number of hydrogen-bond donors (Lipinski definition) is 0. The van der Waals surface area contributed by atoms with Crippen molar-refractivity contribution in [3.05, 3.63) is 29.6 Å². The maximum Gasteiger partial charge on any atom is 0.306 e. The highest BCUT2D eigenvalue weighted by atomic mass is 32.2. The van der Waals surface area contributed by atoms with Gasteiger partial charge in [0.25, 0.3) is 0 Å². The van der Waals surface area contributed by atoms with E-state index in [-0.39, 0.29) is 17.9 Å². The lowest BCUT2D eigenvalue weighted by Crippen LogP contribution is -2.30. The van der Waals surface area contributed by atoms with Crippen molar-refractivity contribution in [3.63, 3.8) is 0 Å². The molecule has 5 nitrogen and oxygen atoms in total. The van der Waals surface area contributed by atoms with Crippen molar-refractivity contribution in [1.82, 2.24) is 4.31 Å². The van der Waals surface area contributed by atoms with Crippen molar-refractivity contribution in [2.75, 3.05) is 20.7 Å². The topological polar surface area (TPSA) is 63.7 Å². The van der Waals surface area contributed by atoms with Crippen molar-refractivity contribution >= 4 is 16.0 Å². The van der Waals surface area contributed by atoms with E-state index in [1.165, 1.54) is 26.3 Å². The van der Waals surface area contributed by atoms with Crippen LogP contribution in [0.15, 0.2) is 23.1 Å². The predicted molar refractivity (Wildman–Crippen MR) is 67.6 cm³/mol. The molecule has 0 radical (unpaired) electrons. The number of ether oxygens (including phenoxy) is 1. The summed E-state index contributed by atoms with van der Waals surface area (Å²) < 4.78 is 43.0. The van der Waals surface area contributed by atoms with Gasteiger partial charge in [0.15, 0.2) is 0 Å². The molecule has 0 bridgehead atoms. The van der Waals surface area contributed by atoms with Crippen LogP contribution in [0.3, 0.4) is 0 Å². The molecule has 0 atom stereocenters. The third kappa shape index (κ3) is 3.74. The van der Waals surface area contributed by atoms with Crippen molar-refractivity contribution in [3.8, 4) is 0 Å². The smallest absolute Gasteiger partial charge is 0.306 e. The molecule has 0 amide bonds. The van der Waals surface area contributed by atoms with Gasteiger partial charge >= 0.3 is 5.97 Å². The van der Waals surface area contributed by atoms with Gasteiger partial charge in [-0.25, -0.2) is 17.1 Å². The normalized spacial score (nSPS) is 11.6. The first-order valence-corrected chi connectivity index (χ1v) is 7.02. The Hall–Kier alpha value is -1.47. The maximum absolute atomic E-state index is 13.2. The Morgan fingerprint density at radius 1 is 1.42 bits per heavy atom. The van der Waals surface area contributed by atoms with E-state index >= 15 is 0 Å². The van der Waals surface area contributed by atoms with Crippen molar-refractivity contribution < 1.29 is 22.3 Å². The van der Waals surface area contributed by atoms with Gasteiger partial charge in [0.05, 0.1) is 18.4 Å². The number of methoxy groups -OCH3 is 1. The van der Waals surface area contributed by atoms with Crippen LogP contribution >= 0.6 is 0 Å². The molecule has 0 aliphatic rings. The monoisotopic (exact) mass is 289 g/mol. The van der Waals surface area contributed by atoms with Crippen molar-refractivity contribution in [2.24, 2.45) is 0 Å². The molecule has 7 heteroatoms. The summed E-state index contributed by atoms with van der Waals surface area (Å²) in [6.07, 6.45) is -0.0550. The molecule has 106 valence electrons. The average molecular weight is 289 g/mol. The zero-order chi connectivity index (χ0) is 14.6. The lowest BCUT2D eigenvalue weighted by atomic mass is 10.2. The maximum atomic E-state index is 13.2. The van der Waals surface area contributed by atoms with Crippen LogP contribution in [0.5, 0.6) is 0 Å². The van der Waals surface area contributed by atoms with E-state index in [4.69, 9.17) is 0 Å². The molecule has 0 N–H and O–H groups in total. The van der Waals surface area contributed by atoms with Crippen LogP contribution in [0.1, 0.15) is 12.0 Å². The molecule has 0 aliphatic carbocycles. The van der Waals surface area contributed by atoms with Crippen molar-refractivity contribution in [2.45, 2.75) is 18.2 Å². The largest absolute Gasteiger partial charge is 0.469 e. The number of benzene rings is 1. The first-order valence-electron chi connectivity index (χ1n) is 5.58. The fourth-order valence-electron chi connectivity index (χ4n) is 1.49. The van der Waals surface area contributed by atoms with E-state index < -0.39 is 21.8 Å². The Morgan fingerprint density at radius 3 is 2.63 bits per heavy atom. The molecule has 0 heterocycles. The highest BCUT2D eigenvalue weighted by Gasteiger charge is 2.23. The van der Waals surface area contributed by atoms with Gasteiger partial charge in [-0.15, -0.1) is 0 Å². The SMILES string of the molecule is COC(=O)CCN(C)S(=O)(=O)c1cc(F)ccc1C. The highest BCUT2D eigenvalue weighted by molar-refractivity contribution is 7.89. The van der Waals surface area contributed by atoms with Crippen LogP contribution in [-0.4, -0.2) is 39.4 Å². The molecule has 0 spiro atoms. The van der Waals surface area contributed by atoms with Gasteiger partial charge in [-0.2, -0.15) is 0 Å². The molecular formula is C12H16FNO4S. The third-order valence-corrected chi connectivity index (χ3v) is 4.70. The zero-order valence-electron chi connectivity index (χ0n) is 11.0. The molecule has 0 fully saturated rings. The van der Waals surface area contributed by atoms with Gasteiger partial charge in [0, 0.05) is 13.6 Å². The van der Waals surface area contributed by atoms with Gasteiger partial charge in [-0.1, -0.05) is 6.07 Å². The first kappa shape index (κ1) is 15.6. The van der Waals surface area contributed by atoms with E-state index in [9.17, 15) is 17.6 Å². The number of halogens is 1. The Kier molecular flexibility index (Phi) is 5.02. The van der Waals surface area contributed by atoms with Crippen LogP contribution in [0, 0.1) is 12.7 Å². The van der Waals surface area contributed by atoms with E-state index in [2.05, 4.69) is 4.74 Å². The Balaban J connectivity index is 2.97. The molecule has 0 saturated carbocycles. The number of carbonyl (C=O) groups excluding carboxylic acids is 1. The van der Waals surface area contributed by atoms with Gasteiger partial charge in [-0.3, -0.25) is 4.79 Å². The molecule has 0 unspecified atom stereocenters. The standard InChI is InChI=1S/C12H16FNO4S/c1-9-4-5-10(13)8-11(9)19(16,17)14(2)7-6-12(15)18-3/h4-5,8H,6-7H2,1-3H3. The van der Waals surface area contributed by atoms with Crippen LogP contribution in [0.25, 0.3) is 0 Å². The molecule has 0 saturated heterocycles. The van der Waals surface area contributed by atoms with Crippen LogP contribution in [-0.2, 0) is 19.6 Å². The molecule has 1 aromatic rings. The van der Waals surface area contributed by atoms with E-state index in [0.717, 1.165) is 10.4 Å². The second-order valence-electron chi connectivity index (χ2n) is 4.06. The summed E-state index contributed by atoms with van der Waals surface area (Å²) in [6, 6.07) is 3.57. The molecule has 0 aromatic heterocycles. The first-order chi connectivity index (χ1) is 8.78.